The van der Waals surface area contributed by atoms with Crippen LogP contribution in [0.25, 0.3) is 98.1 Å². The van der Waals surface area contributed by atoms with Crippen molar-refractivity contribution in [1.29, 1.82) is 5.26 Å². The zero-order chi connectivity index (χ0) is 41.9. The highest BCUT2D eigenvalue weighted by atomic mass is 15.0. The van der Waals surface area contributed by atoms with Crippen LogP contribution in [0.15, 0.2) is 152 Å². The Labute approximate surface area is 354 Å². The highest BCUT2D eigenvalue weighted by Crippen LogP contribution is 2.44. The van der Waals surface area contributed by atoms with Crippen LogP contribution in [0, 0.1) is 17.9 Å². The Morgan fingerprint density at radius 2 is 0.967 bits per heavy atom. The van der Waals surface area contributed by atoms with E-state index in [0.29, 0.717) is 16.9 Å². The van der Waals surface area contributed by atoms with Crippen LogP contribution in [0.3, 0.4) is 0 Å². The van der Waals surface area contributed by atoms with E-state index in [4.69, 9.17) is 6.57 Å². The van der Waals surface area contributed by atoms with E-state index in [9.17, 15) is 5.26 Å². The highest BCUT2D eigenvalue weighted by molar-refractivity contribution is 6.22. The molecule has 3 heterocycles. The minimum atomic E-state index is -0.0523. The zero-order valence-electron chi connectivity index (χ0n) is 35.2. The summed E-state index contributed by atoms with van der Waals surface area (Å²) in [6.45, 7) is 22.1. The fourth-order valence-corrected chi connectivity index (χ4v) is 9.73. The first-order valence-corrected chi connectivity index (χ1v) is 20.9. The van der Waals surface area contributed by atoms with Gasteiger partial charge in [0.2, 0.25) is 5.69 Å². The van der Waals surface area contributed by atoms with E-state index < -0.39 is 0 Å². The average Bonchev–Trinajstić information content (AvgIpc) is 3.90. The molecule has 61 heavy (non-hydrogen) atoms. The van der Waals surface area contributed by atoms with Crippen molar-refractivity contribution in [2.24, 2.45) is 0 Å². The minimum Gasteiger partial charge on any atom is -0.318 e. The van der Waals surface area contributed by atoms with E-state index in [1.807, 2.05) is 12.1 Å². The summed E-state index contributed by atoms with van der Waals surface area (Å²) in [4.78, 5) is 4.21. The Kier molecular flexibility index (Phi) is 7.74. The monoisotopic (exact) mass is 785 g/mol. The molecule has 0 aliphatic heterocycles. The molecule has 0 saturated carbocycles. The second-order valence-corrected chi connectivity index (χ2v) is 18.5. The number of para-hydroxylation sites is 2. The molecule has 0 amide bonds. The number of aromatic nitrogens is 3. The van der Waals surface area contributed by atoms with Crippen LogP contribution in [0.5, 0.6) is 0 Å². The molecule has 0 saturated heterocycles. The summed E-state index contributed by atoms with van der Waals surface area (Å²) in [7, 11) is 0. The first-order valence-electron chi connectivity index (χ1n) is 20.9. The standard InChI is InChI=1S/C56H43N5/c1-55(2,3)36-21-25-49-43(29-36)44-30-37(56(4,5)6)22-26-50(44)61(49)54-35(33-57)28-39(32-46(54)58-7)60-51-27-23-38(31-45(51)53-40-15-9-8-14-34(40)20-24-52(53)60)59-47-18-12-10-16-41(47)42-17-11-13-19-48(42)59/h8-32H,1-6H3. The smallest absolute Gasteiger partial charge is 0.214 e. The molecule has 0 spiro atoms. The van der Waals surface area contributed by atoms with Crippen LogP contribution in [0.1, 0.15) is 58.2 Å². The maximum atomic E-state index is 11.1. The molecular formula is C56H43N5. The van der Waals surface area contributed by atoms with E-state index in [1.165, 1.54) is 21.9 Å². The van der Waals surface area contributed by atoms with Crippen molar-refractivity contribution in [3.05, 3.63) is 180 Å². The third-order valence-electron chi connectivity index (χ3n) is 12.8. The molecule has 0 aliphatic carbocycles. The molecule has 5 heteroatoms. The van der Waals surface area contributed by atoms with E-state index in [2.05, 4.69) is 206 Å². The van der Waals surface area contributed by atoms with Gasteiger partial charge in [0.1, 0.15) is 6.07 Å². The summed E-state index contributed by atoms with van der Waals surface area (Å²) in [6.07, 6.45) is 0. The number of hydrogen-bond donors (Lipinski definition) is 0. The summed E-state index contributed by atoms with van der Waals surface area (Å²) in [5.74, 6) is 0. The lowest BCUT2D eigenvalue weighted by molar-refractivity contribution is 0.590. The van der Waals surface area contributed by atoms with Gasteiger partial charge in [-0.05, 0) is 106 Å². The van der Waals surface area contributed by atoms with Crippen molar-refractivity contribution < 1.29 is 0 Å². The van der Waals surface area contributed by atoms with Gasteiger partial charge in [-0.25, -0.2) is 4.85 Å². The minimum absolute atomic E-state index is 0.0523. The van der Waals surface area contributed by atoms with Gasteiger partial charge >= 0.3 is 0 Å². The van der Waals surface area contributed by atoms with Gasteiger partial charge in [-0.3, -0.25) is 0 Å². The van der Waals surface area contributed by atoms with Gasteiger partial charge in [0, 0.05) is 43.7 Å². The fraction of sp³-hybridized carbons (Fsp3) is 0.143. The highest BCUT2D eigenvalue weighted by Gasteiger charge is 2.25. The number of hydrogen-bond acceptors (Lipinski definition) is 1. The van der Waals surface area contributed by atoms with Crippen molar-refractivity contribution in [3.63, 3.8) is 0 Å². The Balaban J connectivity index is 1.20. The topological polar surface area (TPSA) is 42.9 Å². The second-order valence-electron chi connectivity index (χ2n) is 18.5. The molecule has 11 aromatic rings. The molecule has 5 nitrogen and oxygen atoms in total. The van der Waals surface area contributed by atoms with Gasteiger partial charge in [0.05, 0.1) is 50.9 Å². The van der Waals surface area contributed by atoms with Crippen molar-refractivity contribution >= 4 is 81.9 Å². The van der Waals surface area contributed by atoms with E-state index in [1.54, 1.807) is 0 Å². The quantitative estimate of drug-likeness (QED) is 0.165. The Bertz CT molecular complexity index is 3590. The molecule has 8 aromatic carbocycles. The first kappa shape index (κ1) is 36.5. The molecule has 0 bridgehead atoms. The van der Waals surface area contributed by atoms with Gasteiger partial charge in [0.25, 0.3) is 0 Å². The van der Waals surface area contributed by atoms with Gasteiger partial charge in [-0.15, -0.1) is 0 Å². The summed E-state index contributed by atoms with van der Waals surface area (Å²) in [5, 5.41) is 20.3. The fourth-order valence-electron chi connectivity index (χ4n) is 9.73. The van der Waals surface area contributed by atoms with Crippen molar-refractivity contribution in [2.75, 3.05) is 0 Å². The second kappa shape index (κ2) is 12.9. The molecule has 292 valence electrons. The molecule has 11 rings (SSSR count). The first-order chi connectivity index (χ1) is 29.4. The van der Waals surface area contributed by atoms with Gasteiger partial charge in [-0.2, -0.15) is 5.26 Å². The molecule has 3 aromatic heterocycles. The normalized spacial score (nSPS) is 12.4. The van der Waals surface area contributed by atoms with E-state index in [0.717, 1.165) is 76.8 Å². The van der Waals surface area contributed by atoms with Gasteiger partial charge < -0.3 is 13.7 Å². The Morgan fingerprint density at radius 1 is 0.459 bits per heavy atom. The maximum Gasteiger partial charge on any atom is 0.214 e. The van der Waals surface area contributed by atoms with Crippen LogP contribution in [0.2, 0.25) is 0 Å². The lowest BCUT2D eigenvalue weighted by atomic mass is 9.85. The van der Waals surface area contributed by atoms with Crippen LogP contribution >= 0.6 is 0 Å². The van der Waals surface area contributed by atoms with Crippen LogP contribution in [0.4, 0.5) is 5.69 Å². The molecule has 0 radical (unpaired) electrons. The van der Waals surface area contributed by atoms with Crippen LogP contribution < -0.4 is 0 Å². The summed E-state index contributed by atoms with van der Waals surface area (Å²) in [6, 6.07) is 56.6. The number of benzene rings is 8. The molecule has 0 unspecified atom stereocenters. The number of rotatable bonds is 3. The van der Waals surface area contributed by atoms with Crippen molar-refractivity contribution in [3.8, 4) is 23.1 Å². The van der Waals surface area contributed by atoms with Crippen molar-refractivity contribution in [2.45, 2.75) is 52.4 Å². The SMILES string of the molecule is [C-]#[N+]c1cc(-n2c3ccc(-n4c5ccccc5c5ccccc54)cc3c3c4ccccc4ccc32)cc(C#N)c1-n1c2ccc(C(C)(C)C)cc2c2cc(C(C)(C)C)ccc21. The zero-order valence-corrected chi connectivity index (χ0v) is 35.2. The molecule has 0 aliphatic rings. The lowest BCUT2D eigenvalue weighted by Crippen LogP contribution is -2.10. The molecular weight excluding hydrogens is 743 g/mol. The predicted octanol–water partition coefficient (Wildman–Crippen LogP) is 15.1. The summed E-state index contributed by atoms with van der Waals surface area (Å²) < 4.78 is 6.75. The third kappa shape index (κ3) is 5.37. The Morgan fingerprint density at radius 3 is 1.56 bits per heavy atom. The van der Waals surface area contributed by atoms with E-state index in [-0.39, 0.29) is 10.8 Å². The van der Waals surface area contributed by atoms with Crippen LogP contribution in [-0.4, -0.2) is 13.7 Å². The van der Waals surface area contributed by atoms with Crippen LogP contribution in [-0.2, 0) is 10.8 Å². The number of nitriles is 1. The maximum absolute atomic E-state index is 11.1. The molecule has 0 N–H and O–H groups in total. The number of fused-ring (bicyclic) bond motifs is 11. The van der Waals surface area contributed by atoms with Crippen molar-refractivity contribution in [1.82, 2.24) is 13.7 Å². The average molecular weight is 786 g/mol. The lowest BCUT2D eigenvalue weighted by Gasteiger charge is -2.19. The summed E-state index contributed by atoms with van der Waals surface area (Å²) >= 11 is 0. The Hall–Kier alpha value is -7.60. The van der Waals surface area contributed by atoms with E-state index >= 15 is 0 Å². The number of nitrogens with zero attached hydrogens (tertiary/aromatic N) is 5. The molecule has 0 fully saturated rings. The summed E-state index contributed by atoms with van der Waals surface area (Å²) in [5.41, 5.74) is 12.0. The largest absolute Gasteiger partial charge is 0.318 e. The third-order valence-corrected chi connectivity index (χ3v) is 12.8. The van der Waals surface area contributed by atoms with Gasteiger partial charge in [-0.1, -0.05) is 120 Å². The van der Waals surface area contributed by atoms with Gasteiger partial charge in [0.15, 0.2) is 0 Å². The predicted molar refractivity (Wildman–Crippen MR) is 255 cm³/mol. The molecule has 0 atom stereocenters.